The van der Waals surface area contributed by atoms with Gasteiger partial charge in [0.2, 0.25) is 0 Å². The van der Waals surface area contributed by atoms with Gasteiger partial charge in [-0.3, -0.25) is 0 Å². The highest BCUT2D eigenvalue weighted by Crippen LogP contribution is 2.40. The number of aromatic nitrogens is 1. The molecule has 0 amide bonds. The minimum absolute atomic E-state index is 0.317. The van der Waals surface area contributed by atoms with Gasteiger partial charge in [-0.05, 0) is 65.4 Å². The molecule has 2 aromatic rings. The maximum Gasteiger partial charge on any atom is 0.158 e. The summed E-state index contributed by atoms with van der Waals surface area (Å²) in [6, 6.07) is 8.73. The molecule has 4 nitrogen and oxygen atoms in total. The van der Waals surface area contributed by atoms with E-state index >= 15 is 0 Å². The largest absolute Gasteiger partial charge is 0.397 e. The Kier molecular flexibility index (Phi) is 7.54. The first-order valence-electron chi connectivity index (χ1n) is 9.91. The Hall–Kier alpha value is -1.75. The van der Waals surface area contributed by atoms with Crippen LogP contribution >= 0.6 is 15.9 Å². The molecule has 0 aliphatic heterocycles. The van der Waals surface area contributed by atoms with Crippen LogP contribution in [0.25, 0.3) is 0 Å². The molecule has 0 unspecified atom stereocenters. The van der Waals surface area contributed by atoms with Gasteiger partial charge in [0.1, 0.15) is 0 Å². The van der Waals surface area contributed by atoms with Crippen molar-refractivity contribution in [2.75, 3.05) is 16.4 Å². The SMILES string of the molecule is CCCC(CCC)N(c1ccc(C(C)C)cc1Br)c1nc(C)cc(N)c1N. The number of hydrogen-bond acceptors (Lipinski definition) is 4. The topological polar surface area (TPSA) is 68.2 Å². The molecular formula is C22H33BrN4. The standard InChI is InChI=1S/C22H33BrN4/c1-6-8-17(9-7-2)27(22-21(25)19(24)12-15(5)26-22)20-11-10-16(14(3)4)13-18(20)23/h10-14,17H,6-9,25H2,1-5H3,(H2,24,26). The van der Waals surface area contributed by atoms with Crippen molar-refractivity contribution in [2.45, 2.75) is 72.3 Å². The Morgan fingerprint density at radius 2 is 1.70 bits per heavy atom. The van der Waals surface area contributed by atoms with Crippen molar-refractivity contribution in [1.29, 1.82) is 0 Å². The molecule has 0 aliphatic rings. The Morgan fingerprint density at radius 1 is 1.07 bits per heavy atom. The van der Waals surface area contributed by atoms with Crippen LogP contribution in [0.5, 0.6) is 0 Å². The van der Waals surface area contributed by atoms with Crippen molar-refractivity contribution in [3.8, 4) is 0 Å². The van der Waals surface area contributed by atoms with Gasteiger partial charge in [-0.25, -0.2) is 4.98 Å². The molecule has 4 N–H and O–H groups in total. The third kappa shape index (κ3) is 4.95. The van der Waals surface area contributed by atoms with E-state index in [0.717, 1.165) is 47.4 Å². The molecule has 0 radical (unpaired) electrons. The predicted molar refractivity (Wildman–Crippen MR) is 122 cm³/mol. The van der Waals surface area contributed by atoms with Crippen molar-refractivity contribution in [3.05, 3.63) is 40.0 Å². The van der Waals surface area contributed by atoms with Crippen LogP contribution in [-0.4, -0.2) is 11.0 Å². The molecule has 0 aliphatic carbocycles. The van der Waals surface area contributed by atoms with Gasteiger partial charge >= 0.3 is 0 Å². The summed E-state index contributed by atoms with van der Waals surface area (Å²) in [5, 5.41) is 0. The fraction of sp³-hybridized carbons (Fsp3) is 0.500. The maximum absolute atomic E-state index is 6.40. The first-order chi connectivity index (χ1) is 12.8. The fourth-order valence-electron chi connectivity index (χ4n) is 3.51. The van der Waals surface area contributed by atoms with Gasteiger partial charge in [0, 0.05) is 16.2 Å². The summed E-state index contributed by atoms with van der Waals surface area (Å²) in [4.78, 5) is 7.09. The van der Waals surface area contributed by atoms with Gasteiger partial charge in [0.25, 0.3) is 0 Å². The molecule has 1 aromatic heterocycles. The average molecular weight is 433 g/mol. The third-order valence-electron chi connectivity index (χ3n) is 4.93. The highest BCUT2D eigenvalue weighted by Gasteiger charge is 2.26. The highest BCUT2D eigenvalue weighted by molar-refractivity contribution is 9.10. The molecule has 1 aromatic carbocycles. The van der Waals surface area contributed by atoms with Crippen LogP contribution in [0.4, 0.5) is 22.9 Å². The second kappa shape index (κ2) is 9.45. The van der Waals surface area contributed by atoms with Crippen molar-refractivity contribution in [2.24, 2.45) is 0 Å². The van der Waals surface area contributed by atoms with E-state index in [9.17, 15) is 0 Å². The molecule has 0 atom stereocenters. The number of anilines is 4. The lowest BCUT2D eigenvalue weighted by molar-refractivity contribution is 0.539. The smallest absolute Gasteiger partial charge is 0.158 e. The number of nitrogens with zero attached hydrogens (tertiary/aromatic N) is 2. The van der Waals surface area contributed by atoms with Gasteiger partial charge in [-0.1, -0.05) is 46.6 Å². The van der Waals surface area contributed by atoms with Gasteiger partial charge in [0.15, 0.2) is 5.82 Å². The summed E-state index contributed by atoms with van der Waals surface area (Å²) in [5.41, 5.74) is 17.0. The predicted octanol–water partition coefficient (Wildman–Crippen LogP) is 6.55. The molecule has 5 heteroatoms. The van der Waals surface area contributed by atoms with Crippen LogP contribution < -0.4 is 16.4 Å². The number of rotatable bonds is 8. The van der Waals surface area contributed by atoms with Crippen LogP contribution in [0.15, 0.2) is 28.7 Å². The summed E-state index contributed by atoms with van der Waals surface area (Å²) >= 11 is 3.80. The van der Waals surface area contributed by atoms with Crippen LogP contribution in [0.3, 0.4) is 0 Å². The molecule has 2 rings (SSSR count). The van der Waals surface area contributed by atoms with Crippen LogP contribution in [0.2, 0.25) is 0 Å². The quantitative estimate of drug-likeness (QED) is 0.496. The Morgan fingerprint density at radius 3 is 2.22 bits per heavy atom. The van der Waals surface area contributed by atoms with Crippen molar-refractivity contribution < 1.29 is 0 Å². The van der Waals surface area contributed by atoms with Crippen molar-refractivity contribution in [3.63, 3.8) is 0 Å². The lowest BCUT2D eigenvalue weighted by Gasteiger charge is -2.35. The first kappa shape index (κ1) is 21.5. The number of nitrogen functional groups attached to an aromatic ring is 2. The van der Waals surface area contributed by atoms with E-state index in [0.29, 0.717) is 23.3 Å². The van der Waals surface area contributed by atoms with Gasteiger partial charge in [-0.15, -0.1) is 0 Å². The maximum atomic E-state index is 6.40. The van der Waals surface area contributed by atoms with Crippen LogP contribution in [0, 0.1) is 6.92 Å². The summed E-state index contributed by atoms with van der Waals surface area (Å²) in [6.07, 6.45) is 4.34. The van der Waals surface area contributed by atoms with E-state index < -0.39 is 0 Å². The average Bonchev–Trinajstić information content (AvgIpc) is 2.60. The zero-order chi connectivity index (χ0) is 20.1. The molecule has 0 spiro atoms. The van der Waals surface area contributed by atoms with Crippen molar-refractivity contribution >= 4 is 38.8 Å². The lowest BCUT2D eigenvalue weighted by Crippen LogP contribution is -2.33. The number of hydrogen-bond donors (Lipinski definition) is 2. The summed E-state index contributed by atoms with van der Waals surface area (Å²) < 4.78 is 1.06. The van der Waals surface area contributed by atoms with E-state index in [-0.39, 0.29) is 0 Å². The van der Waals surface area contributed by atoms with Gasteiger partial charge in [0.05, 0.1) is 17.1 Å². The lowest BCUT2D eigenvalue weighted by atomic mass is 10.0. The molecule has 0 fully saturated rings. The molecule has 0 saturated heterocycles. The van der Waals surface area contributed by atoms with Crippen molar-refractivity contribution in [1.82, 2.24) is 4.98 Å². The molecule has 27 heavy (non-hydrogen) atoms. The minimum atomic E-state index is 0.317. The summed E-state index contributed by atoms with van der Waals surface area (Å²) in [5.74, 6) is 1.24. The molecular weight excluding hydrogens is 400 g/mol. The van der Waals surface area contributed by atoms with Crippen LogP contribution in [0.1, 0.15) is 70.6 Å². The number of halogens is 1. The number of pyridine rings is 1. The molecule has 148 valence electrons. The first-order valence-corrected chi connectivity index (χ1v) is 10.7. The number of aryl methyl sites for hydroxylation is 1. The minimum Gasteiger partial charge on any atom is -0.397 e. The molecule has 0 bridgehead atoms. The second-order valence-corrected chi connectivity index (χ2v) is 8.41. The number of nitrogens with two attached hydrogens (primary N) is 2. The Labute approximate surface area is 172 Å². The Bertz CT molecular complexity index is 767. The zero-order valence-corrected chi connectivity index (χ0v) is 18.8. The van der Waals surface area contributed by atoms with Gasteiger partial charge < -0.3 is 16.4 Å². The van der Waals surface area contributed by atoms with Gasteiger partial charge in [-0.2, -0.15) is 0 Å². The Balaban J connectivity index is 2.67. The fourth-order valence-corrected chi connectivity index (χ4v) is 4.09. The van der Waals surface area contributed by atoms with E-state index in [4.69, 9.17) is 16.5 Å². The van der Waals surface area contributed by atoms with E-state index in [2.05, 4.69) is 66.7 Å². The number of benzene rings is 1. The summed E-state index contributed by atoms with van der Waals surface area (Å²) in [6.45, 7) is 10.8. The highest BCUT2D eigenvalue weighted by atomic mass is 79.9. The normalized spacial score (nSPS) is 11.4. The van der Waals surface area contributed by atoms with E-state index in [1.807, 2.05) is 13.0 Å². The monoisotopic (exact) mass is 432 g/mol. The molecule has 1 heterocycles. The molecule has 0 saturated carbocycles. The third-order valence-corrected chi connectivity index (χ3v) is 5.57. The van der Waals surface area contributed by atoms with E-state index in [1.54, 1.807) is 0 Å². The van der Waals surface area contributed by atoms with Crippen LogP contribution in [-0.2, 0) is 0 Å². The second-order valence-electron chi connectivity index (χ2n) is 7.56. The summed E-state index contributed by atoms with van der Waals surface area (Å²) in [7, 11) is 0. The van der Waals surface area contributed by atoms with E-state index in [1.165, 1.54) is 5.56 Å². The zero-order valence-electron chi connectivity index (χ0n) is 17.2.